The Bertz CT molecular complexity index is 312. The molecular formula is C9H16N2O2S. The van der Waals surface area contributed by atoms with Crippen LogP contribution in [-0.4, -0.2) is 31.6 Å². The Morgan fingerprint density at radius 2 is 2.00 bits per heavy atom. The van der Waals surface area contributed by atoms with Crippen molar-refractivity contribution < 1.29 is 8.42 Å². The average Bonchev–Trinajstić information content (AvgIpc) is 2.55. The van der Waals surface area contributed by atoms with Crippen LogP contribution in [0, 0.1) is 11.3 Å². The van der Waals surface area contributed by atoms with Gasteiger partial charge in [-0.3, -0.25) is 0 Å². The van der Waals surface area contributed by atoms with E-state index in [0.29, 0.717) is 6.54 Å². The standard InChI is InChI=1S/C9H16N2O2S/c1-14(12,13)11(8-4-7-10)9-5-2-3-6-9/h9H,2-6,8H2,1H3. The molecule has 4 nitrogen and oxygen atoms in total. The number of hydrogen-bond acceptors (Lipinski definition) is 3. The third-order valence-corrected chi connectivity index (χ3v) is 3.93. The van der Waals surface area contributed by atoms with Crippen LogP contribution in [0.1, 0.15) is 32.1 Å². The third kappa shape index (κ3) is 2.96. The van der Waals surface area contributed by atoms with Crippen molar-refractivity contribution >= 4 is 10.0 Å². The number of nitriles is 1. The lowest BCUT2D eigenvalue weighted by Crippen LogP contribution is -2.38. The van der Waals surface area contributed by atoms with Crippen LogP contribution in [-0.2, 0) is 10.0 Å². The van der Waals surface area contributed by atoms with Gasteiger partial charge in [-0.1, -0.05) is 12.8 Å². The van der Waals surface area contributed by atoms with E-state index in [1.165, 1.54) is 10.6 Å². The van der Waals surface area contributed by atoms with Crippen LogP contribution in [0.4, 0.5) is 0 Å². The highest BCUT2D eigenvalue weighted by atomic mass is 32.2. The molecule has 5 heteroatoms. The Balaban J connectivity index is 2.66. The molecule has 0 aromatic heterocycles. The minimum Gasteiger partial charge on any atom is -0.212 e. The molecule has 0 bridgehead atoms. The molecule has 0 amide bonds. The molecule has 0 aromatic carbocycles. The molecule has 1 aliphatic rings. The van der Waals surface area contributed by atoms with Gasteiger partial charge >= 0.3 is 0 Å². The fraction of sp³-hybridized carbons (Fsp3) is 0.889. The second-order valence-corrected chi connectivity index (χ2v) is 5.66. The average molecular weight is 216 g/mol. The number of rotatable bonds is 4. The zero-order valence-corrected chi connectivity index (χ0v) is 9.26. The van der Waals surface area contributed by atoms with Gasteiger partial charge in [-0.15, -0.1) is 0 Å². The van der Waals surface area contributed by atoms with Crippen LogP contribution >= 0.6 is 0 Å². The van der Waals surface area contributed by atoms with Crippen LogP contribution in [0.15, 0.2) is 0 Å². The van der Waals surface area contributed by atoms with E-state index < -0.39 is 10.0 Å². The molecule has 0 heterocycles. The summed E-state index contributed by atoms with van der Waals surface area (Å²) in [5.74, 6) is 0. The fourth-order valence-corrected chi connectivity index (χ4v) is 3.15. The van der Waals surface area contributed by atoms with Crippen LogP contribution in [0.2, 0.25) is 0 Å². The molecule has 0 atom stereocenters. The van der Waals surface area contributed by atoms with E-state index in [-0.39, 0.29) is 12.5 Å². The van der Waals surface area contributed by atoms with Gasteiger partial charge in [0.25, 0.3) is 0 Å². The Morgan fingerprint density at radius 3 is 2.43 bits per heavy atom. The molecule has 1 saturated carbocycles. The summed E-state index contributed by atoms with van der Waals surface area (Å²) >= 11 is 0. The molecule has 0 aliphatic heterocycles. The maximum absolute atomic E-state index is 11.4. The zero-order valence-electron chi connectivity index (χ0n) is 8.44. The molecule has 0 N–H and O–H groups in total. The molecule has 14 heavy (non-hydrogen) atoms. The molecule has 1 fully saturated rings. The van der Waals surface area contributed by atoms with Crippen molar-refractivity contribution in [2.45, 2.75) is 38.1 Å². The van der Waals surface area contributed by atoms with Gasteiger partial charge < -0.3 is 0 Å². The third-order valence-electron chi connectivity index (χ3n) is 2.60. The molecular weight excluding hydrogens is 200 g/mol. The second-order valence-electron chi connectivity index (χ2n) is 3.72. The van der Waals surface area contributed by atoms with E-state index in [1.807, 2.05) is 6.07 Å². The van der Waals surface area contributed by atoms with Crippen molar-refractivity contribution in [3.05, 3.63) is 0 Å². The van der Waals surface area contributed by atoms with Crippen molar-refractivity contribution in [2.75, 3.05) is 12.8 Å². The first kappa shape index (κ1) is 11.5. The van der Waals surface area contributed by atoms with Crippen molar-refractivity contribution in [3.63, 3.8) is 0 Å². The molecule has 80 valence electrons. The Morgan fingerprint density at radius 1 is 1.43 bits per heavy atom. The molecule has 0 unspecified atom stereocenters. The summed E-state index contributed by atoms with van der Waals surface area (Å²) in [7, 11) is -3.14. The second kappa shape index (κ2) is 4.76. The quantitative estimate of drug-likeness (QED) is 0.707. The predicted octanol–water partition coefficient (Wildman–Crippen LogP) is 1.10. The largest absolute Gasteiger partial charge is 0.212 e. The number of nitrogens with zero attached hydrogens (tertiary/aromatic N) is 2. The van der Waals surface area contributed by atoms with E-state index >= 15 is 0 Å². The minimum atomic E-state index is -3.14. The van der Waals surface area contributed by atoms with Crippen molar-refractivity contribution in [3.8, 4) is 6.07 Å². The van der Waals surface area contributed by atoms with Crippen LogP contribution in [0.3, 0.4) is 0 Å². The van der Waals surface area contributed by atoms with Crippen LogP contribution in [0.25, 0.3) is 0 Å². The first-order chi connectivity index (χ1) is 6.55. The Kier molecular flexibility index (Phi) is 3.90. The lowest BCUT2D eigenvalue weighted by Gasteiger charge is -2.25. The van der Waals surface area contributed by atoms with Gasteiger partial charge in [0.15, 0.2) is 0 Å². The van der Waals surface area contributed by atoms with E-state index in [0.717, 1.165) is 25.7 Å². The van der Waals surface area contributed by atoms with Crippen molar-refractivity contribution in [1.29, 1.82) is 5.26 Å². The normalized spacial score (nSPS) is 18.6. The van der Waals surface area contributed by atoms with Gasteiger partial charge in [-0.05, 0) is 12.8 Å². The predicted molar refractivity (Wildman–Crippen MR) is 54.0 cm³/mol. The Labute approximate surface area is 85.6 Å². The van der Waals surface area contributed by atoms with Gasteiger partial charge in [0.05, 0.1) is 12.3 Å². The number of hydrogen-bond donors (Lipinski definition) is 0. The van der Waals surface area contributed by atoms with Crippen molar-refractivity contribution in [2.24, 2.45) is 0 Å². The summed E-state index contributed by atoms with van der Waals surface area (Å²) < 4.78 is 24.4. The minimum absolute atomic E-state index is 0.137. The number of sulfonamides is 1. The first-order valence-electron chi connectivity index (χ1n) is 4.89. The molecule has 1 aliphatic carbocycles. The molecule has 0 spiro atoms. The van der Waals surface area contributed by atoms with Gasteiger partial charge in [-0.25, -0.2) is 8.42 Å². The summed E-state index contributed by atoms with van der Waals surface area (Å²) in [5.41, 5.74) is 0. The van der Waals surface area contributed by atoms with Crippen LogP contribution in [0.5, 0.6) is 0 Å². The smallest absolute Gasteiger partial charge is 0.211 e. The lowest BCUT2D eigenvalue weighted by atomic mass is 10.2. The topological polar surface area (TPSA) is 61.2 Å². The van der Waals surface area contributed by atoms with Crippen molar-refractivity contribution in [1.82, 2.24) is 4.31 Å². The summed E-state index contributed by atoms with van der Waals surface area (Å²) in [6.07, 6.45) is 5.59. The van der Waals surface area contributed by atoms with E-state index in [2.05, 4.69) is 0 Å². The van der Waals surface area contributed by atoms with Gasteiger partial charge in [0, 0.05) is 19.0 Å². The fourth-order valence-electron chi connectivity index (χ4n) is 1.97. The van der Waals surface area contributed by atoms with Gasteiger partial charge in [-0.2, -0.15) is 9.57 Å². The molecule has 0 radical (unpaired) electrons. The Hall–Kier alpha value is -0.600. The lowest BCUT2D eigenvalue weighted by molar-refractivity contribution is 0.330. The highest BCUT2D eigenvalue weighted by molar-refractivity contribution is 7.88. The molecule has 0 aromatic rings. The van der Waals surface area contributed by atoms with E-state index in [1.54, 1.807) is 0 Å². The van der Waals surface area contributed by atoms with E-state index in [4.69, 9.17) is 5.26 Å². The van der Waals surface area contributed by atoms with Gasteiger partial charge in [0.1, 0.15) is 0 Å². The summed E-state index contributed by atoms with van der Waals surface area (Å²) in [4.78, 5) is 0. The highest BCUT2D eigenvalue weighted by Crippen LogP contribution is 2.25. The molecule has 0 saturated heterocycles. The van der Waals surface area contributed by atoms with E-state index in [9.17, 15) is 8.42 Å². The molecule has 1 rings (SSSR count). The highest BCUT2D eigenvalue weighted by Gasteiger charge is 2.28. The monoisotopic (exact) mass is 216 g/mol. The maximum atomic E-state index is 11.4. The maximum Gasteiger partial charge on any atom is 0.211 e. The first-order valence-corrected chi connectivity index (χ1v) is 6.74. The van der Waals surface area contributed by atoms with Crippen LogP contribution < -0.4 is 0 Å². The summed E-state index contributed by atoms with van der Waals surface area (Å²) in [6.45, 7) is 0.347. The van der Waals surface area contributed by atoms with Gasteiger partial charge in [0.2, 0.25) is 10.0 Å². The zero-order chi connectivity index (χ0) is 10.6. The summed E-state index contributed by atoms with van der Waals surface area (Å²) in [5, 5.41) is 8.45. The summed E-state index contributed by atoms with van der Waals surface area (Å²) in [6, 6.07) is 2.12. The SMILES string of the molecule is CS(=O)(=O)N(CCC#N)C1CCCC1.